The zero-order valence-corrected chi connectivity index (χ0v) is 16.5. The molecule has 29 heavy (non-hydrogen) atoms. The van der Waals surface area contributed by atoms with Crippen LogP contribution in [-0.4, -0.2) is 47.3 Å². The van der Waals surface area contributed by atoms with Crippen LogP contribution >= 0.6 is 0 Å². The summed E-state index contributed by atoms with van der Waals surface area (Å²) in [5.41, 5.74) is 0.243. The average molecular weight is 397 g/mol. The molecule has 1 unspecified atom stereocenters. The summed E-state index contributed by atoms with van der Waals surface area (Å²) in [6.45, 7) is 4.06. The maximum absolute atomic E-state index is 13.2. The van der Waals surface area contributed by atoms with Crippen molar-refractivity contribution in [1.29, 1.82) is 0 Å². The lowest BCUT2D eigenvalue weighted by atomic mass is 9.92. The van der Waals surface area contributed by atoms with Gasteiger partial charge in [-0.2, -0.15) is 0 Å². The van der Waals surface area contributed by atoms with Gasteiger partial charge in [-0.1, -0.05) is 42.5 Å². The van der Waals surface area contributed by atoms with Gasteiger partial charge in [0.2, 0.25) is 5.91 Å². The summed E-state index contributed by atoms with van der Waals surface area (Å²) in [6.07, 6.45) is 0.688. The molecule has 0 spiro atoms. The highest BCUT2D eigenvalue weighted by Gasteiger charge is 2.49. The second-order valence-corrected chi connectivity index (χ2v) is 7.16. The number of carbonyl (C=O) groups excluding carboxylic acids is 3. The molecular weight excluding hydrogens is 373 g/mol. The first-order chi connectivity index (χ1) is 13.8. The molecular formula is C22H24FN3O3. The van der Waals surface area contributed by atoms with E-state index in [1.807, 2.05) is 37.3 Å². The van der Waals surface area contributed by atoms with E-state index in [1.165, 1.54) is 24.3 Å². The standard InChI is InChI=1S/C22H24FN3O3/c1-3-25(14-13-16-7-5-4-6-8-16)19(27)15-26-20(28)22(2,24-21(26)29)17-9-11-18(23)12-10-17/h4-12H,3,13-15H2,1-2H3,(H,24,29). The van der Waals surface area contributed by atoms with Gasteiger partial charge in [-0.05, 0) is 43.5 Å². The summed E-state index contributed by atoms with van der Waals surface area (Å²) in [6, 6.07) is 14.5. The quantitative estimate of drug-likeness (QED) is 0.731. The summed E-state index contributed by atoms with van der Waals surface area (Å²) in [5.74, 6) is -1.25. The zero-order valence-electron chi connectivity index (χ0n) is 16.5. The first-order valence-electron chi connectivity index (χ1n) is 9.57. The minimum atomic E-state index is -1.33. The van der Waals surface area contributed by atoms with Gasteiger partial charge < -0.3 is 10.2 Å². The first-order valence-corrected chi connectivity index (χ1v) is 9.57. The van der Waals surface area contributed by atoms with Gasteiger partial charge >= 0.3 is 6.03 Å². The van der Waals surface area contributed by atoms with Crippen LogP contribution < -0.4 is 5.32 Å². The van der Waals surface area contributed by atoms with Crippen LogP contribution in [0.25, 0.3) is 0 Å². The van der Waals surface area contributed by atoms with E-state index in [9.17, 15) is 18.8 Å². The van der Waals surface area contributed by atoms with E-state index >= 15 is 0 Å². The van der Waals surface area contributed by atoms with E-state index in [1.54, 1.807) is 11.8 Å². The second-order valence-electron chi connectivity index (χ2n) is 7.16. The molecule has 4 amide bonds. The van der Waals surface area contributed by atoms with Crippen molar-refractivity contribution in [1.82, 2.24) is 15.1 Å². The zero-order chi connectivity index (χ0) is 21.0. The predicted molar refractivity (Wildman–Crippen MR) is 106 cm³/mol. The number of nitrogens with zero attached hydrogens (tertiary/aromatic N) is 2. The molecule has 2 aromatic rings. The molecule has 0 radical (unpaired) electrons. The fraction of sp³-hybridized carbons (Fsp3) is 0.318. The number of hydrogen-bond donors (Lipinski definition) is 1. The van der Waals surface area contributed by atoms with Crippen molar-refractivity contribution in [2.24, 2.45) is 0 Å². The maximum atomic E-state index is 13.2. The van der Waals surface area contributed by atoms with E-state index in [-0.39, 0.29) is 12.5 Å². The molecule has 1 aliphatic heterocycles. The van der Waals surface area contributed by atoms with Gasteiger partial charge in [0, 0.05) is 13.1 Å². The fourth-order valence-electron chi connectivity index (χ4n) is 3.42. The lowest BCUT2D eigenvalue weighted by Gasteiger charge is -2.24. The third-order valence-corrected chi connectivity index (χ3v) is 5.24. The molecule has 0 aromatic heterocycles. The number of benzene rings is 2. The average Bonchev–Trinajstić information content (AvgIpc) is 2.93. The van der Waals surface area contributed by atoms with Crippen LogP contribution in [0.4, 0.5) is 9.18 Å². The molecule has 6 nitrogen and oxygen atoms in total. The van der Waals surface area contributed by atoms with Crippen molar-refractivity contribution in [3.8, 4) is 0 Å². The van der Waals surface area contributed by atoms with Gasteiger partial charge in [-0.3, -0.25) is 14.5 Å². The molecule has 1 atom stereocenters. The van der Waals surface area contributed by atoms with Crippen molar-refractivity contribution in [2.75, 3.05) is 19.6 Å². The summed E-state index contributed by atoms with van der Waals surface area (Å²) < 4.78 is 13.2. The molecule has 1 fully saturated rings. The van der Waals surface area contributed by atoms with Crippen LogP contribution in [0, 0.1) is 5.82 Å². The molecule has 152 valence electrons. The van der Waals surface area contributed by atoms with Crippen molar-refractivity contribution >= 4 is 17.8 Å². The van der Waals surface area contributed by atoms with Crippen molar-refractivity contribution in [3.63, 3.8) is 0 Å². The maximum Gasteiger partial charge on any atom is 0.325 e. The molecule has 7 heteroatoms. The van der Waals surface area contributed by atoms with Crippen LogP contribution in [-0.2, 0) is 21.5 Å². The predicted octanol–water partition coefficient (Wildman–Crippen LogP) is 2.68. The Kier molecular flexibility index (Phi) is 5.96. The summed E-state index contributed by atoms with van der Waals surface area (Å²) in [4.78, 5) is 40.6. The summed E-state index contributed by atoms with van der Waals surface area (Å²) in [5, 5.41) is 2.63. The largest absolute Gasteiger partial charge is 0.341 e. The Morgan fingerprint density at radius 2 is 1.76 bits per heavy atom. The highest BCUT2D eigenvalue weighted by molar-refractivity contribution is 6.09. The van der Waals surface area contributed by atoms with Crippen LogP contribution in [0.1, 0.15) is 25.0 Å². The molecule has 3 rings (SSSR count). The third kappa shape index (κ3) is 4.29. The Bertz CT molecular complexity index is 901. The Morgan fingerprint density at radius 3 is 2.38 bits per heavy atom. The summed E-state index contributed by atoms with van der Waals surface area (Å²) >= 11 is 0. The lowest BCUT2D eigenvalue weighted by molar-refractivity contribution is -0.138. The van der Waals surface area contributed by atoms with Crippen molar-refractivity contribution in [2.45, 2.75) is 25.8 Å². The fourth-order valence-corrected chi connectivity index (χ4v) is 3.42. The van der Waals surface area contributed by atoms with Crippen LogP contribution in [0.2, 0.25) is 0 Å². The van der Waals surface area contributed by atoms with Gasteiger partial charge in [0.25, 0.3) is 5.91 Å². The Morgan fingerprint density at radius 1 is 1.10 bits per heavy atom. The minimum absolute atomic E-state index is 0.296. The number of urea groups is 1. The van der Waals surface area contributed by atoms with E-state index < -0.39 is 23.3 Å². The molecule has 0 aliphatic carbocycles. The molecule has 0 saturated carbocycles. The van der Waals surface area contributed by atoms with Gasteiger partial charge in [0.05, 0.1) is 0 Å². The van der Waals surface area contributed by atoms with E-state index in [4.69, 9.17) is 0 Å². The molecule has 1 saturated heterocycles. The Labute approximate surface area is 169 Å². The number of rotatable bonds is 7. The molecule has 1 heterocycles. The Balaban J connectivity index is 1.68. The monoisotopic (exact) mass is 397 g/mol. The number of nitrogens with one attached hydrogen (secondary N) is 1. The van der Waals surface area contributed by atoms with E-state index in [2.05, 4.69) is 5.32 Å². The normalized spacial score (nSPS) is 18.7. The Hall–Kier alpha value is -3.22. The van der Waals surface area contributed by atoms with E-state index in [0.29, 0.717) is 25.1 Å². The SMILES string of the molecule is CCN(CCc1ccccc1)C(=O)CN1C(=O)NC(C)(c2ccc(F)cc2)C1=O. The van der Waals surface area contributed by atoms with Gasteiger partial charge in [0.1, 0.15) is 17.9 Å². The van der Waals surface area contributed by atoms with Gasteiger partial charge in [-0.25, -0.2) is 9.18 Å². The number of likely N-dealkylation sites (N-methyl/N-ethyl adjacent to an activating group) is 1. The van der Waals surface area contributed by atoms with Crippen LogP contribution in [0.15, 0.2) is 54.6 Å². The van der Waals surface area contributed by atoms with Crippen LogP contribution in [0.3, 0.4) is 0 Å². The minimum Gasteiger partial charge on any atom is -0.341 e. The highest BCUT2D eigenvalue weighted by atomic mass is 19.1. The van der Waals surface area contributed by atoms with Gasteiger partial charge in [-0.15, -0.1) is 0 Å². The third-order valence-electron chi connectivity index (χ3n) is 5.24. The topological polar surface area (TPSA) is 69.7 Å². The van der Waals surface area contributed by atoms with E-state index in [0.717, 1.165) is 10.5 Å². The smallest absolute Gasteiger partial charge is 0.325 e. The molecule has 1 N–H and O–H groups in total. The molecule has 2 aromatic carbocycles. The lowest BCUT2D eigenvalue weighted by Crippen LogP contribution is -2.45. The number of halogens is 1. The molecule has 1 aliphatic rings. The number of carbonyl (C=O) groups is 3. The van der Waals surface area contributed by atoms with Crippen LogP contribution in [0.5, 0.6) is 0 Å². The first kappa shape index (κ1) is 20.5. The highest BCUT2D eigenvalue weighted by Crippen LogP contribution is 2.28. The number of amides is 4. The molecule has 0 bridgehead atoms. The van der Waals surface area contributed by atoms with Crippen molar-refractivity contribution in [3.05, 3.63) is 71.5 Å². The van der Waals surface area contributed by atoms with Gasteiger partial charge in [0.15, 0.2) is 0 Å². The number of imide groups is 1. The summed E-state index contributed by atoms with van der Waals surface area (Å²) in [7, 11) is 0. The second kappa shape index (κ2) is 8.43. The number of hydrogen-bond acceptors (Lipinski definition) is 3. The van der Waals surface area contributed by atoms with Crippen molar-refractivity contribution < 1.29 is 18.8 Å².